The summed E-state index contributed by atoms with van der Waals surface area (Å²) in [5, 5.41) is 12.9. The number of carbonyl (C=O) groups excluding carboxylic acids is 2. The molecule has 1 spiro atoms. The molecule has 2 N–H and O–H groups in total. The maximum Gasteiger partial charge on any atom is 0.274 e. The zero-order valence-electron chi connectivity index (χ0n) is 16.9. The minimum absolute atomic E-state index is 0.0286. The van der Waals surface area contributed by atoms with Crippen molar-refractivity contribution in [1.29, 1.82) is 0 Å². The van der Waals surface area contributed by atoms with Crippen molar-refractivity contribution >= 4 is 23.4 Å². The number of likely N-dealkylation sites (N-methyl/N-ethyl adjacent to an activating group) is 1. The van der Waals surface area contributed by atoms with Crippen molar-refractivity contribution in [2.75, 3.05) is 20.7 Å². The van der Waals surface area contributed by atoms with Gasteiger partial charge in [-0.15, -0.1) is 0 Å². The van der Waals surface area contributed by atoms with Gasteiger partial charge in [-0.1, -0.05) is 23.7 Å². The molecule has 4 rings (SSSR count). The van der Waals surface area contributed by atoms with Gasteiger partial charge < -0.3 is 24.6 Å². The molecule has 31 heavy (non-hydrogen) atoms. The molecule has 2 aliphatic rings. The number of aromatic nitrogens is 1. The second-order valence-corrected chi connectivity index (χ2v) is 8.39. The van der Waals surface area contributed by atoms with Gasteiger partial charge in [0.25, 0.3) is 11.8 Å². The number of nitrogens with one attached hydrogen (secondary N) is 1. The number of nitrogens with zero attached hydrogens (tertiary/aromatic N) is 2. The van der Waals surface area contributed by atoms with Crippen LogP contribution >= 0.6 is 11.6 Å². The fourth-order valence-corrected chi connectivity index (χ4v) is 4.54. The standard InChI is InChI=1S/C21H21ClFN3O5/c1-25-10-21(6-12(7-21)31-2)26-9-13(17(27)18(28)16(26)20(25)30)19(29)24-8-11-4-3-5-14(22)15(11)23/h3-5,9,12,28H,6-8,10H2,1-2H3,(H,24,29). The Kier molecular flexibility index (Phi) is 5.26. The van der Waals surface area contributed by atoms with E-state index in [1.54, 1.807) is 20.2 Å². The Morgan fingerprint density at radius 1 is 1.39 bits per heavy atom. The van der Waals surface area contributed by atoms with Crippen molar-refractivity contribution in [1.82, 2.24) is 14.8 Å². The molecule has 1 fully saturated rings. The van der Waals surface area contributed by atoms with Crippen LogP contribution in [0, 0.1) is 5.82 Å². The van der Waals surface area contributed by atoms with Crippen LogP contribution in [0.5, 0.6) is 5.75 Å². The van der Waals surface area contributed by atoms with Gasteiger partial charge in [-0.2, -0.15) is 0 Å². The topological polar surface area (TPSA) is 101 Å². The highest BCUT2D eigenvalue weighted by molar-refractivity contribution is 6.30. The predicted molar refractivity (Wildman–Crippen MR) is 110 cm³/mol. The highest BCUT2D eigenvalue weighted by Gasteiger charge is 2.52. The van der Waals surface area contributed by atoms with Crippen LogP contribution < -0.4 is 10.7 Å². The van der Waals surface area contributed by atoms with Gasteiger partial charge in [-0.05, 0) is 18.9 Å². The van der Waals surface area contributed by atoms with Gasteiger partial charge >= 0.3 is 0 Å². The molecule has 2 amide bonds. The minimum Gasteiger partial charge on any atom is -0.503 e. The summed E-state index contributed by atoms with van der Waals surface area (Å²) in [6.45, 7) is 0.154. The van der Waals surface area contributed by atoms with Gasteiger partial charge in [-0.25, -0.2) is 4.39 Å². The first kappa shape index (κ1) is 21.3. The number of aromatic hydroxyl groups is 1. The number of halogens is 2. The predicted octanol–water partition coefficient (Wildman–Crippen LogP) is 1.87. The number of fused-ring (bicyclic) bond motifs is 2. The molecule has 1 aromatic heterocycles. The molecule has 0 unspecified atom stereocenters. The maximum atomic E-state index is 14.1. The van der Waals surface area contributed by atoms with Crippen molar-refractivity contribution in [2.24, 2.45) is 0 Å². The number of amides is 2. The van der Waals surface area contributed by atoms with E-state index in [9.17, 15) is 23.9 Å². The lowest BCUT2D eigenvalue weighted by Gasteiger charge is -2.53. The molecule has 1 aromatic carbocycles. The molecule has 1 saturated carbocycles. The fraction of sp³-hybridized carbons (Fsp3) is 0.381. The lowest BCUT2D eigenvalue weighted by atomic mass is 9.72. The first-order chi connectivity index (χ1) is 14.7. The molecule has 0 radical (unpaired) electrons. The van der Waals surface area contributed by atoms with Crippen molar-refractivity contribution in [3.05, 3.63) is 62.3 Å². The molecular weight excluding hydrogens is 429 g/mol. The van der Waals surface area contributed by atoms with Gasteiger partial charge in [0.2, 0.25) is 5.43 Å². The molecule has 2 aromatic rings. The van der Waals surface area contributed by atoms with E-state index in [0.29, 0.717) is 19.4 Å². The van der Waals surface area contributed by atoms with Gasteiger partial charge in [0.15, 0.2) is 11.4 Å². The lowest BCUT2D eigenvalue weighted by Crippen LogP contribution is -2.61. The van der Waals surface area contributed by atoms with Crippen LogP contribution in [0.3, 0.4) is 0 Å². The number of benzene rings is 1. The number of hydrogen-bond acceptors (Lipinski definition) is 5. The van der Waals surface area contributed by atoms with Crippen molar-refractivity contribution < 1.29 is 23.8 Å². The summed E-state index contributed by atoms with van der Waals surface area (Å²) < 4.78 is 21.0. The monoisotopic (exact) mass is 449 g/mol. The fourth-order valence-electron chi connectivity index (χ4n) is 4.35. The van der Waals surface area contributed by atoms with E-state index in [1.165, 1.54) is 27.8 Å². The summed E-state index contributed by atoms with van der Waals surface area (Å²) in [6.07, 6.45) is 2.40. The Labute approximate surface area is 182 Å². The maximum absolute atomic E-state index is 14.1. The van der Waals surface area contributed by atoms with E-state index in [1.807, 2.05) is 0 Å². The summed E-state index contributed by atoms with van der Waals surface area (Å²) in [5.41, 5.74) is -1.88. The Morgan fingerprint density at radius 3 is 2.77 bits per heavy atom. The zero-order valence-corrected chi connectivity index (χ0v) is 17.7. The Morgan fingerprint density at radius 2 is 2.10 bits per heavy atom. The van der Waals surface area contributed by atoms with Crippen molar-refractivity contribution in [3.63, 3.8) is 0 Å². The van der Waals surface area contributed by atoms with Gasteiger partial charge in [-0.3, -0.25) is 14.4 Å². The average Bonchev–Trinajstić information content (AvgIpc) is 2.71. The van der Waals surface area contributed by atoms with Crippen LogP contribution in [0.1, 0.15) is 39.3 Å². The van der Waals surface area contributed by atoms with E-state index < -0.39 is 34.3 Å². The third-order valence-electron chi connectivity index (χ3n) is 6.04. The summed E-state index contributed by atoms with van der Waals surface area (Å²) in [7, 11) is 3.19. The first-order valence-electron chi connectivity index (χ1n) is 9.67. The normalized spacial score (nSPS) is 22.3. The van der Waals surface area contributed by atoms with E-state index in [2.05, 4.69) is 5.32 Å². The van der Waals surface area contributed by atoms with Crippen LogP contribution in [0.2, 0.25) is 5.02 Å². The second-order valence-electron chi connectivity index (χ2n) is 7.99. The van der Waals surface area contributed by atoms with Crippen LogP contribution in [0.15, 0.2) is 29.2 Å². The van der Waals surface area contributed by atoms with E-state index in [-0.39, 0.29) is 34.5 Å². The second kappa shape index (κ2) is 7.65. The average molecular weight is 450 g/mol. The Bertz CT molecular complexity index is 1140. The molecule has 2 heterocycles. The molecule has 1 aliphatic carbocycles. The highest BCUT2D eigenvalue weighted by atomic mass is 35.5. The van der Waals surface area contributed by atoms with Gasteiger partial charge in [0.1, 0.15) is 11.4 Å². The Balaban J connectivity index is 1.70. The van der Waals surface area contributed by atoms with Crippen LogP contribution in [-0.2, 0) is 16.8 Å². The molecular formula is C21H21ClFN3O5. The van der Waals surface area contributed by atoms with E-state index >= 15 is 0 Å². The molecule has 8 nitrogen and oxygen atoms in total. The first-order valence-corrected chi connectivity index (χ1v) is 10.0. The van der Waals surface area contributed by atoms with Gasteiger partial charge in [0.05, 0.1) is 16.7 Å². The highest BCUT2D eigenvalue weighted by Crippen LogP contribution is 2.45. The van der Waals surface area contributed by atoms with Crippen LogP contribution in [0.25, 0.3) is 0 Å². The summed E-state index contributed by atoms with van der Waals surface area (Å²) >= 11 is 5.75. The number of methoxy groups -OCH3 is 1. The number of ether oxygens (including phenoxy) is 1. The third-order valence-corrected chi connectivity index (χ3v) is 6.33. The molecule has 0 atom stereocenters. The quantitative estimate of drug-likeness (QED) is 0.742. The number of pyridine rings is 1. The lowest BCUT2D eigenvalue weighted by molar-refractivity contribution is -0.0673. The largest absolute Gasteiger partial charge is 0.503 e. The smallest absolute Gasteiger partial charge is 0.274 e. The van der Waals surface area contributed by atoms with Crippen LogP contribution in [0.4, 0.5) is 4.39 Å². The number of carbonyl (C=O) groups is 2. The zero-order chi connectivity index (χ0) is 22.5. The third kappa shape index (κ3) is 3.37. The van der Waals surface area contributed by atoms with Crippen molar-refractivity contribution in [3.8, 4) is 5.75 Å². The molecule has 0 saturated heterocycles. The summed E-state index contributed by atoms with van der Waals surface area (Å²) in [6, 6.07) is 4.39. The Hall–Kier alpha value is -2.91. The van der Waals surface area contributed by atoms with Crippen molar-refractivity contribution in [2.45, 2.75) is 31.0 Å². The van der Waals surface area contributed by atoms with Crippen LogP contribution in [-0.4, -0.2) is 53.2 Å². The number of hydrogen-bond donors (Lipinski definition) is 2. The molecule has 10 heteroatoms. The van der Waals surface area contributed by atoms with E-state index in [4.69, 9.17) is 16.3 Å². The molecule has 0 bridgehead atoms. The SMILES string of the molecule is COC1CC2(C1)CN(C)C(=O)c1c(O)c(=O)c(C(=O)NCc3cccc(Cl)c3F)cn12. The minimum atomic E-state index is -0.961. The molecule has 164 valence electrons. The summed E-state index contributed by atoms with van der Waals surface area (Å²) in [5.74, 6) is -2.74. The molecule has 1 aliphatic heterocycles. The number of rotatable bonds is 4. The van der Waals surface area contributed by atoms with E-state index in [0.717, 1.165) is 0 Å². The summed E-state index contributed by atoms with van der Waals surface area (Å²) in [4.78, 5) is 39.5. The van der Waals surface area contributed by atoms with Gasteiger partial charge in [0, 0.05) is 39.0 Å².